The number of halogens is 1. The van der Waals surface area contributed by atoms with Crippen LogP contribution in [0.2, 0.25) is 0 Å². The molecular formula is C22H25FN2O3. The quantitative estimate of drug-likeness (QED) is 0.794. The zero-order chi connectivity index (χ0) is 20.1. The molecule has 0 spiro atoms. The van der Waals surface area contributed by atoms with Gasteiger partial charge in [-0.1, -0.05) is 12.1 Å². The van der Waals surface area contributed by atoms with Crippen LogP contribution in [-0.4, -0.2) is 48.9 Å². The summed E-state index contributed by atoms with van der Waals surface area (Å²) in [6, 6.07) is 13.2. The van der Waals surface area contributed by atoms with E-state index >= 15 is 0 Å². The molecule has 1 aliphatic rings. The number of carbonyl (C=O) groups excluding carboxylic acids is 2. The van der Waals surface area contributed by atoms with E-state index in [1.165, 1.54) is 24.3 Å². The minimum Gasteiger partial charge on any atom is -0.497 e. The SMILES string of the molecule is COc1ccc(CN(C)C(=O)C2CCN(C(=O)c3ccc(F)cc3)CC2)cc1. The van der Waals surface area contributed by atoms with Gasteiger partial charge >= 0.3 is 0 Å². The third-order valence-electron chi connectivity index (χ3n) is 5.18. The number of hydrogen-bond acceptors (Lipinski definition) is 3. The molecule has 1 heterocycles. The highest BCUT2D eigenvalue weighted by atomic mass is 19.1. The maximum atomic E-state index is 13.0. The van der Waals surface area contributed by atoms with Crippen molar-refractivity contribution in [3.63, 3.8) is 0 Å². The second-order valence-electron chi connectivity index (χ2n) is 7.12. The van der Waals surface area contributed by atoms with E-state index in [4.69, 9.17) is 4.74 Å². The average Bonchev–Trinajstić information content (AvgIpc) is 2.74. The first-order valence-corrected chi connectivity index (χ1v) is 9.40. The number of piperidine rings is 1. The number of nitrogens with zero attached hydrogens (tertiary/aromatic N) is 2. The zero-order valence-electron chi connectivity index (χ0n) is 16.2. The van der Waals surface area contributed by atoms with Crippen LogP contribution in [0.4, 0.5) is 4.39 Å². The lowest BCUT2D eigenvalue weighted by molar-refractivity contribution is -0.136. The highest BCUT2D eigenvalue weighted by Crippen LogP contribution is 2.22. The molecule has 1 aliphatic heterocycles. The lowest BCUT2D eigenvalue weighted by atomic mass is 9.94. The van der Waals surface area contributed by atoms with Gasteiger partial charge in [0.05, 0.1) is 7.11 Å². The topological polar surface area (TPSA) is 49.9 Å². The molecule has 148 valence electrons. The molecule has 0 aromatic heterocycles. The summed E-state index contributed by atoms with van der Waals surface area (Å²) in [6.07, 6.45) is 1.28. The Bertz CT molecular complexity index is 813. The molecule has 5 nitrogen and oxygen atoms in total. The fourth-order valence-corrected chi connectivity index (χ4v) is 3.50. The Kier molecular flexibility index (Phi) is 6.29. The monoisotopic (exact) mass is 384 g/mol. The van der Waals surface area contributed by atoms with E-state index in [1.807, 2.05) is 31.3 Å². The fraction of sp³-hybridized carbons (Fsp3) is 0.364. The molecule has 0 atom stereocenters. The molecule has 0 radical (unpaired) electrons. The van der Waals surface area contributed by atoms with Crippen LogP contribution >= 0.6 is 0 Å². The Morgan fingerprint density at radius 2 is 1.68 bits per heavy atom. The van der Waals surface area contributed by atoms with E-state index in [0.29, 0.717) is 38.0 Å². The molecule has 1 fully saturated rings. The van der Waals surface area contributed by atoms with Crippen molar-refractivity contribution < 1.29 is 18.7 Å². The molecule has 2 aromatic rings. The van der Waals surface area contributed by atoms with Gasteiger partial charge in [0, 0.05) is 38.2 Å². The summed E-state index contributed by atoms with van der Waals surface area (Å²) < 4.78 is 18.2. The van der Waals surface area contributed by atoms with Gasteiger partial charge in [0.1, 0.15) is 11.6 Å². The maximum Gasteiger partial charge on any atom is 0.253 e. The lowest BCUT2D eigenvalue weighted by Gasteiger charge is -2.33. The van der Waals surface area contributed by atoms with Crippen molar-refractivity contribution in [1.29, 1.82) is 0 Å². The van der Waals surface area contributed by atoms with Crippen molar-refractivity contribution in [1.82, 2.24) is 9.80 Å². The molecule has 0 bridgehead atoms. The Hall–Kier alpha value is -2.89. The van der Waals surface area contributed by atoms with Crippen molar-refractivity contribution in [3.8, 4) is 5.75 Å². The fourth-order valence-electron chi connectivity index (χ4n) is 3.50. The molecule has 6 heteroatoms. The van der Waals surface area contributed by atoms with Crippen molar-refractivity contribution >= 4 is 11.8 Å². The van der Waals surface area contributed by atoms with E-state index in [-0.39, 0.29) is 23.5 Å². The molecule has 1 saturated heterocycles. The maximum absolute atomic E-state index is 13.0. The van der Waals surface area contributed by atoms with Crippen LogP contribution in [0, 0.1) is 11.7 Å². The van der Waals surface area contributed by atoms with Crippen LogP contribution in [0.3, 0.4) is 0 Å². The summed E-state index contributed by atoms with van der Waals surface area (Å²) in [5.41, 5.74) is 1.52. The number of rotatable bonds is 5. The number of amides is 2. The summed E-state index contributed by atoms with van der Waals surface area (Å²) in [5.74, 6) is 0.333. The smallest absolute Gasteiger partial charge is 0.253 e. The third kappa shape index (κ3) is 4.68. The summed E-state index contributed by atoms with van der Waals surface area (Å²) in [4.78, 5) is 28.8. The van der Waals surface area contributed by atoms with Gasteiger partial charge in [-0.05, 0) is 54.8 Å². The van der Waals surface area contributed by atoms with Gasteiger partial charge < -0.3 is 14.5 Å². The van der Waals surface area contributed by atoms with Crippen molar-refractivity contribution in [2.24, 2.45) is 5.92 Å². The van der Waals surface area contributed by atoms with Crippen LogP contribution in [-0.2, 0) is 11.3 Å². The number of methoxy groups -OCH3 is 1. The second kappa shape index (κ2) is 8.87. The van der Waals surface area contributed by atoms with Crippen LogP contribution in [0.1, 0.15) is 28.8 Å². The standard InChI is InChI=1S/C22H25FN2O3/c1-24(15-16-3-9-20(28-2)10-4-16)21(26)18-11-13-25(14-12-18)22(27)17-5-7-19(23)8-6-17/h3-10,18H,11-15H2,1-2H3. The minimum atomic E-state index is -0.360. The number of likely N-dealkylation sites (tertiary alicyclic amines) is 1. The highest BCUT2D eigenvalue weighted by Gasteiger charge is 2.29. The summed E-state index contributed by atoms with van der Waals surface area (Å²) in [6.45, 7) is 1.60. The molecule has 0 aliphatic carbocycles. The predicted octanol–water partition coefficient (Wildman–Crippen LogP) is 3.35. The van der Waals surface area contributed by atoms with E-state index in [9.17, 15) is 14.0 Å². The third-order valence-corrected chi connectivity index (χ3v) is 5.18. The van der Waals surface area contributed by atoms with E-state index in [0.717, 1.165) is 11.3 Å². The van der Waals surface area contributed by atoms with E-state index in [1.54, 1.807) is 16.9 Å². The molecule has 0 saturated carbocycles. The number of hydrogen-bond donors (Lipinski definition) is 0. The normalized spacial score (nSPS) is 14.6. The van der Waals surface area contributed by atoms with Gasteiger partial charge in [-0.2, -0.15) is 0 Å². The first-order valence-electron chi connectivity index (χ1n) is 9.40. The van der Waals surface area contributed by atoms with Gasteiger partial charge in [0.2, 0.25) is 5.91 Å². The summed E-state index contributed by atoms with van der Waals surface area (Å²) >= 11 is 0. The first kappa shape index (κ1) is 19.9. The Morgan fingerprint density at radius 3 is 2.25 bits per heavy atom. The van der Waals surface area contributed by atoms with Crippen molar-refractivity contribution in [2.75, 3.05) is 27.2 Å². The van der Waals surface area contributed by atoms with Crippen molar-refractivity contribution in [2.45, 2.75) is 19.4 Å². The zero-order valence-corrected chi connectivity index (χ0v) is 16.2. The largest absolute Gasteiger partial charge is 0.497 e. The number of carbonyl (C=O) groups is 2. The van der Waals surface area contributed by atoms with Gasteiger partial charge in [-0.25, -0.2) is 4.39 Å². The number of benzene rings is 2. The molecule has 0 unspecified atom stereocenters. The van der Waals surface area contributed by atoms with E-state index in [2.05, 4.69) is 0 Å². The molecule has 2 aromatic carbocycles. The Labute approximate surface area is 164 Å². The molecule has 3 rings (SSSR count). The average molecular weight is 384 g/mol. The van der Waals surface area contributed by atoms with Crippen LogP contribution in [0.15, 0.2) is 48.5 Å². The first-order chi connectivity index (χ1) is 13.5. The molecule has 2 amide bonds. The Morgan fingerprint density at radius 1 is 1.07 bits per heavy atom. The van der Waals surface area contributed by atoms with Crippen LogP contribution in [0.5, 0.6) is 5.75 Å². The molecule has 28 heavy (non-hydrogen) atoms. The minimum absolute atomic E-state index is 0.0829. The lowest BCUT2D eigenvalue weighted by Crippen LogP contribution is -2.43. The van der Waals surface area contributed by atoms with Crippen molar-refractivity contribution in [3.05, 3.63) is 65.5 Å². The molecule has 0 N–H and O–H groups in total. The molecular weight excluding hydrogens is 359 g/mol. The van der Waals surface area contributed by atoms with Gasteiger partial charge in [-0.3, -0.25) is 9.59 Å². The predicted molar refractivity (Wildman–Crippen MR) is 104 cm³/mol. The van der Waals surface area contributed by atoms with E-state index < -0.39 is 0 Å². The van der Waals surface area contributed by atoms with Crippen LogP contribution < -0.4 is 4.74 Å². The Balaban J connectivity index is 1.52. The summed E-state index contributed by atoms with van der Waals surface area (Å²) in [7, 11) is 3.43. The van der Waals surface area contributed by atoms with Gasteiger partial charge in [0.25, 0.3) is 5.91 Å². The second-order valence-corrected chi connectivity index (χ2v) is 7.12. The highest BCUT2D eigenvalue weighted by molar-refractivity contribution is 5.94. The van der Waals surface area contributed by atoms with Gasteiger partial charge in [-0.15, -0.1) is 0 Å². The summed E-state index contributed by atoms with van der Waals surface area (Å²) in [5, 5.41) is 0. The van der Waals surface area contributed by atoms with Gasteiger partial charge in [0.15, 0.2) is 0 Å². The number of ether oxygens (including phenoxy) is 1. The van der Waals surface area contributed by atoms with Crippen LogP contribution in [0.25, 0.3) is 0 Å².